The minimum absolute atomic E-state index is 0.129. The minimum atomic E-state index is -4.10. The first-order valence-corrected chi connectivity index (χ1v) is 5.64. The average Bonchev–Trinajstić information content (AvgIpc) is 2.84. The Kier molecular flexibility index (Phi) is 2.51. The summed E-state index contributed by atoms with van der Waals surface area (Å²) in [5.74, 6) is -1.53. The van der Waals surface area contributed by atoms with Gasteiger partial charge in [0, 0.05) is 0 Å². The Labute approximate surface area is 94.1 Å². The number of aromatic nitrogens is 5. The number of aromatic carboxylic acids is 1. The van der Waals surface area contributed by atoms with Crippen LogP contribution in [-0.4, -0.2) is 44.9 Å². The molecule has 0 bridgehead atoms. The third kappa shape index (κ3) is 2.08. The highest BCUT2D eigenvalue weighted by Gasteiger charge is 2.25. The zero-order chi connectivity index (χ0) is 12.5. The largest absolute Gasteiger partial charge is 0.478 e. The van der Waals surface area contributed by atoms with Crippen LogP contribution in [0.1, 0.15) is 10.4 Å². The smallest absolute Gasteiger partial charge is 0.340 e. The molecule has 2 aromatic rings. The summed E-state index contributed by atoms with van der Waals surface area (Å²) >= 11 is 0. The monoisotopic (exact) mass is 258 g/mol. The van der Waals surface area contributed by atoms with Gasteiger partial charge < -0.3 is 5.11 Å². The van der Waals surface area contributed by atoms with Crippen molar-refractivity contribution < 1.29 is 18.3 Å². The molecule has 2 aromatic heterocycles. The Bertz CT molecular complexity index is 629. The molecule has 0 radical (unpaired) electrons. The van der Waals surface area contributed by atoms with E-state index in [0.29, 0.717) is 0 Å². The van der Waals surface area contributed by atoms with Gasteiger partial charge in [0.05, 0.1) is 6.20 Å². The quantitative estimate of drug-likeness (QED) is 0.549. The van der Waals surface area contributed by atoms with E-state index in [1.54, 1.807) is 0 Å². The number of sulfonamides is 1. The molecule has 4 N–H and O–H groups in total. The van der Waals surface area contributed by atoms with Crippen LogP contribution < -0.4 is 4.72 Å². The normalized spacial score (nSPS) is 11.3. The second-order valence-electron chi connectivity index (χ2n) is 2.86. The molecule has 0 fully saturated rings. The molecule has 0 unspecified atom stereocenters. The first-order valence-electron chi connectivity index (χ1n) is 4.15. The maximum Gasteiger partial charge on any atom is 0.340 e. The van der Waals surface area contributed by atoms with Crippen LogP contribution >= 0.6 is 0 Å². The molecule has 0 spiro atoms. The second kappa shape index (κ2) is 3.86. The highest BCUT2D eigenvalue weighted by atomic mass is 32.2. The van der Waals surface area contributed by atoms with Crippen LogP contribution in [0.2, 0.25) is 0 Å². The molecule has 0 aliphatic rings. The fourth-order valence-electron chi connectivity index (χ4n) is 1.06. The molecule has 0 aliphatic carbocycles. The van der Waals surface area contributed by atoms with Crippen molar-refractivity contribution in [2.24, 2.45) is 0 Å². The number of carboxylic acids is 1. The van der Waals surface area contributed by atoms with Crippen LogP contribution in [0.5, 0.6) is 0 Å². The molecule has 0 aromatic carbocycles. The molecule has 0 aliphatic heterocycles. The fourth-order valence-corrected chi connectivity index (χ4v) is 2.12. The zero-order valence-electron chi connectivity index (χ0n) is 8.08. The van der Waals surface area contributed by atoms with Crippen molar-refractivity contribution in [2.75, 3.05) is 4.72 Å². The molecule has 2 rings (SSSR count). The number of nitrogens with zero attached hydrogens (tertiary/aromatic N) is 3. The van der Waals surface area contributed by atoms with Crippen molar-refractivity contribution in [3.63, 3.8) is 0 Å². The lowest BCUT2D eigenvalue weighted by Crippen LogP contribution is -2.17. The Morgan fingerprint density at radius 1 is 1.35 bits per heavy atom. The van der Waals surface area contributed by atoms with Crippen molar-refractivity contribution in [3.8, 4) is 0 Å². The van der Waals surface area contributed by atoms with Gasteiger partial charge in [-0.2, -0.15) is 23.6 Å². The van der Waals surface area contributed by atoms with E-state index in [0.717, 1.165) is 12.5 Å². The van der Waals surface area contributed by atoms with Gasteiger partial charge >= 0.3 is 5.97 Å². The summed E-state index contributed by atoms with van der Waals surface area (Å²) in [6.07, 6.45) is 2.00. The molecule has 0 saturated heterocycles. The van der Waals surface area contributed by atoms with Crippen LogP contribution in [0.25, 0.3) is 0 Å². The van der Waals surface area contributed by atoms with Gasteiger partial charge in [0.1, 0.15) is 11.9 Å². The van der Waals surface area contributed by atoms with Crippen molar-refractivity contribution >= 4 is 21.9 Å². The van der Waals surface area contributed by atoms with Gasteiger partial charge in [-0.15, -0.1) is 0 Å². The lowest BCUT2D eigenvalue weighted by atomic mass is 10.4. The molecule has 90 valence electrons. The van der Waals surface area contributed by atoms with Crippen LogP contribution in [-0.2, 0) is 10.0 Å². The number of hydrogen-bond acceptors (Lipinski definition) is 6. The van der Waals surface area contributed by atoms with E-state index in [-0.39, 0.29) is 5.95 Å². The van der Waals surface area contributed by atoms with Gasteiger partial charge in [0.2, 0.25) is 5.95 Å². The standard InChI is InChI=1S/C6H6N6O4S/c13-5(14)3-1-8-10-4(3)17(15,16)12-6-7-2-9-11-6/h1-2H,(H,8,10)(H,13,14)(H2,7,9,11,12). The van der Waals surface area contributed by atoms with Gasteiger partial charge in [-0.3, -0.25) is 5.10 Å². The fraction of sp³-hybridized carbons (Fsp3) is 0. The number of aromatic amines is 2. The number of carboxylic acid groups (broad SMARTS) is 1. The number of H-pyrrole nitrogens is 2. The summed E-state index contributed by atoms with van der Waals surface area (Å²) < 4.78 is 25.5. The maximum atomic E-state index is 11.8. The molecule has 2 heterocycles. The number of rotatable bonds is 4. The van der Waals surface area contributed by atoms with Crippen LogP contribution in [0.4, 0.5) is 5.95 Å². The summed E-state index contributed by atoms with van der Waals surface area (Å²) in [6, 6.07) is 0. The molecular weight excluding hydrogens is 252 g/mol. The predicted molar refractivity (Wildman–Crippen MR) is 52.7 cm³/mol. The van der Waals surface area contributed by atoms with E-state index in [2.05, 4.69) is 25.4 Å². The van der Waals surface area contributed by atoms with Gasteiger partial charge in [-0.05, 0) is 0 Å². The molecular formula is C6H6N6O4S. The Morgan fingerprint density at radius 3 is 2.71 bits per heavy atom. The number of carbonyl (C=O) groups is 1. The third-order valence-corrected chi connectivity index (χ3v) is 3.06. The van der Waals surface area contributed by atoms with Crippen LogP contribution in [0.3, 0.4) is 0 Å². The lowest BCUT2D eigenvalue weighted by molar-refractivity contribution is 0.0692. The second-order valence-corrected chi connectivity index (χ2v) is 4.48. The molecule has 17 heavy (non-hydrogen) atoms. The van der Waals surface area contributed by atoms with E-state index in [1.165, 1.54) is 0 Å². The summed E-state index contributed by atoms with van der Waals surface area (Å²) in [7, 11) is -4.10. The lowest BCUT2D eigenvalue weighted by Gasteiger charge is -2.02. The Hall–Kier alpha value is -2.43. The number of anilines is 1. The van der Waals surface area contributed by atoms with E-state index >= 15 is 0 Å². The third-order valence-electron chi connectivity index (χ3n) is 1.75. The van der Waals surface area contributed by atoms with Crippen LogP contribution in [0.15, 0.2) is 17.6 Å². The van der Waals surface area contributed by atoms with Gasteiger partial charge in [0.15, 0.2) is 5.03 Å². The van der Waals surface area contributed by atoms with Gasteiger partial charge in [-0.25, -0.2) is 14.6 Å². The van der Waals surface area contributed by atoms with E-state index in [1.807, 2.05) is 4.72 Å². The van der Waals surface area contributed by atoms with E-state index in [4.69, 9.17) is 5.11 Å². The zero-order valence-corrected chi connectivity index (χ0v) is 8.89. The average molecular weight is 258 g/mol. The van der Waals surface area contributed by atoms with Crippen molar-refractivity contribution in [3.05, 3.63) is 18.1 Å². The van der Waals surface area contributed by atoms with E-state index in [9.17, 15) is 13.2 Å². The van der Waals surface area contributed by atoms with E-state index < -0.39 is 26.6 Å². The van der Waals surface area contributed by atoms with Gasteiger partial charge in [0.25, 0.3) is 10.0 Å². The minimum Gasteiger partial charge on any atom is -0.478 e. The summed E-state index contributed by atoms with van der Waals surface area (Å²) in [5, 5.41) is 19.4. The van der Waals surface area contributed by atoms with Crippen molar-refractivity contribution in [2.45, 2.75) is 5.03 Å². The molecule has 0 saturated carbocycles. The summed E-state index contributed by atoms with van der Waals surface area (Å²) in [5.41, 5.74) is -0.461. The maximum absolute atomic E-state index is 11.8. The highest BCUT2D eigenvalue weighted by Crippen LogP contribution is 2.14. The van der Waals surface area contributed by atoms with Gasteiger partial charge in [-0.1, -0.05) is 0 Å². The molecule has 11 heteroatoms. The summed E-state index contributed by atoms with van der Waals surface area (Å²) in [6.45, 7) is 0. The summed E-state index contributed by atoms with van der Waals surface area (Å²) in [4.78, 5) is 14.3. The number of hydrogen-bond donors (Lipinski definition) is 4. The first-order chi connectivity index (χ1) is 8.00. The van der Waals surface area contributed by atoms with Crippen molar-refractivity contribution in [1.29, 1.82) is 0 Å². The number of nitrogens with one attached hydrogen (secondary N) is 3. The first kappa shape index (κ1) is 11.1. The predicted octanol–water partition coefficient (Wildman–Crippen LogP) is -0.973. The topological polar surface area (TPSA) is 154 Å². The highest BCUT2D eigenvalue weighted by molar-refractivity contribution is 7.92. The Balaban J connectivity index is 2.38. The SMILES string of the molecule is O=C(O)c1cn[nH]c1S(=O)(=O)Nc1ncn[nH]1. The molecule has 10 nitrogen and oxygen atoms in total. The molecule has 0 amide bonds. The molecule has 0 atom stereocenters. The van der Waals surface area contributed by atoms with Crippen LogP contribution in [0, 0.1) is 0 Å². The Morgan fingerprint density at radius 2 is 2.12 bits per heavy atom. The van der Waals surface area contributed by atoms with Crippen molar-refractivity contribution in [1.82, 2.24) is 25.4 Å².